The van der Waals surface area contributed by atoms with Gasteiger partial charge in [0.15, 0.2) is 0 Å². The van der Waals surface area contributed by atoms with Gasteiger partial charge in [0.1, 0.15) is 11.8 Å². The summed E-state index contributed by atoms with van der Waals surface area (Å²) in [5.74, 6) is 0.358. The van der Waals surface area contributed by atoms with Gasteiger partial charge >= 0.3 is 0 Å². The van der Waals surface area contributed by atoms with Gasteiger partial charge in [-0.25, -0.2) is 4.98 Å². The van der Waals surface area contributed by atoms with E-state index in [1.165, 1.54) is 11.8 Å². The van der Waals surface area contributed by atoms with Gasteiger partial charge in [0, 0.05) is 17.6 Å². The molecular weight excluding hydrogens is 270 g/mol. The lowest BCUT2D eigenvalue weighted by Gasteiger charge is -2.05. The molecule has 1 aromatic carbocycles. The number of nitriles is 1. The van der Waals surface area contributed by atoms with Crippen LogP contribution in [0.25, 0.3) is 0 Å². The number of hydrogen-bond donors (Lipinski definition) is 1. The van der Waals surface area contributed by atoms with E-state index in [9.17, 15) is 4.79 Å². The number of benzene rings is 1. The number of carbonyl (C=O) groups is 1. The molecule has 20 heavy (non-hydrogen) atoms. The first-order chi connectivity index (χ1) is 9.78. The molecule has 0 aliphatic heterocycles. The zero-order valence-electron chi connectivity index (χ0n) is 10.7. The molecule has 1 heterocycles. The molecule has 0 fully saturated rings. The van der Waals surface area contributed by atoms with Crippen LogP contribution in [0.1, 0.15) is 11.3 Å². The second-order valence-corrected chi connectivity index (χ2v) is 5.09. The fraction of sp³-hybridized carbons (Fsp3) is 0.133. The molecule has 0 aliphatic carbocycles. The van der Waals surface area contributed by atoms with Gasteiger partial charge in [-0.3, -0.25) is 4.79 Å². The van der Waals surface area contributed by atoms with Gasteiger partial charge < -0.3 is 5.32 Å². The lowest BCUT2D eigenvalue weighted by atomic mass is 10.2. The summed E-state index contributed by atoms with van der Waals surface area (Å²) in [6.45, 7) is 0.424. The number of pyridine rings is 1. The van der Waals surface area contributed by atoms with Crippen molar-refractivity contribution in [3.05, 3.63) is 59.9 Å². The molecular formula is C15H13N3OS. The standard InChI is InChI=1S/C15H13N3OS/c16-8-13-7-6-12(9-17-13)10-18-15(19)11-20-14-4-2-1-3-5-14/h1-7,9H,10-11H2,(H,18,19). The maximum atomic E-state index is 11.7. The van der Waals surface area contributed by atoms with Crippen molar-refractivity contribution in [2.75, 3.05) is 5.75 Å². The molecule has 0 saturated carbocycles. The van der Waals surface area contributed by atoms with Gasteiger partial charge in [-0.15, -0.1) is 11.8 Å². The number of nitrogens with one attached hydrogen (secondary N) is 1. The normalized spacial score (nSPS) is 9.75. The van der Waals surface area contributed by atoms with Crippen LogP contribution in [0.3, 0.4) is 0 Å². The maximum absolute atomic E-state index is 11.7. The highest BCUT2D eigenvalue weighted by Gasteiger charge is 2.03. The highest BCUT2D eigenvalue weighted by atomic mass is 32.2. The molecule has 1 aromatic heterocycles. The highest BCUT2D eigenvalue weighted by molar-refractivity contribution is 8.00. The second kappa shape index (κ2) is 7.31. The lowest BCUT2D eigenvalue weighted by Crippen LogP contribution is -2.24. The van der Waals surface area contributed by atoms with Crippen LogP contribution < -0.4 is 5.32 Å². The molecule has 2 aromatic rings. The molecule has 4 nitrogen and oxygen atoms in total. The van der Waals surface area contributed by atoms with Crippen molar-refractivity contribution in [2.24, 2.45) is 0 Å². The molecule has 100 valence electrons. The van der Waals surface area contributed by atoms with E-state index in [1.807, 2.05) is 36.4 Å². The minimum atomic E-state index is -0.0248. The summed E-state index contributed by atoms with van der Waals surface area (Å²) >= 11 is 1.50. The van der Waals surface area contributed by atoms with Crippen molar-refractivity contribution in [3.63, 3.8) is 0 Å². The predicted octanol–water partition coefficient (Wildman–Crippen LogP) is 2.36. The van der Waals surface area contributed by atoms with E-state index in [-0.39, 0.29) is 5.91 Å². The van der Waals surface area contributed by atoms with Crippen LogP contribution in [0.2, 0.25) is 0 Å². The fourth-order valence-electron chi connectivity index (χ4n) is 1.51. The predicted molar refractivity (Wildman–Crippen MR) is 78.0 cm³/mol. The van der Waals surface area contributed by atoms with E-state index in [1.54, 1.807) is 18.3 Å². The number of aromatic nitrogens is 1. The summed E-state index contributed by atoms with van der Waals surface area (Å²) in [7, 11) is 0. The Morgan fingerprint density at radius 1 is 1.25 bits per heavy atom. The van der Waals surface area contributed by atoms with Crippen molar-refractivity contribution >= 4 is 17.7 Å². The van der Waals surface area contributed by atoms with Crippen LogP contribution in [-0.4, -0.2) is 16.6 Å². The summed E-state index contributed by atoms with van der Waals surface area (Å²) in [6, 6.07) is 15.2. The average Bonchev–Trinajstić information content (AvgIpc) is 2.52. The number of thioether (sulfide) groups is 1. The molecule has 0 atom stereocenters. The summed E-state index contributed by atoms with van der Waals surface area (Å²) in [4.78, 5) is 16.7. The molecule has 0 saturated heterocycles. The summed E-state index contributed by atoms with van der Waals surface area (Å²) < 4.78 is 0. The minimum absolute atomic E-state index is 0.0248. The number of carbonyl (C=O) groups excluding carboxylic acids is 1. The van der Waals surface area contributed by atoms with E-state index in [4.69, 9.17) is 5.26 Å². The van der Waals surface area contributed by atoms with E-state index in [0.29, 0.717) is 18.0 Å². The first-order valence-electron chi connectivity index (χ1n) is 6.07. The van der Waals surface area contributed by atoms with Crippen LogP contribution in [-0.2, 0) is 11.3 Å². The monoisotopic (exact) mass is 283 g/mol. The molecule has 1 N–H and O–H groups in total. The van der Waals surface area contributed by atoms with Gasteiger partial charge in [-0.2, -0.15) is 5.26 Å². The third-order valence-corrected chi connectivity index (χ3v) is 3.55. The molecule has 0 spiro atoms. The summed E-state index contributed by atoms with van der Waals surface area (Å²) in [5, 5.41) is 11.5. The Kier molecular flexibility index (Phi) is 5.15. The lowest BCUT2D eigenvalue weighted by molar-refractivity contribution is -0.118. The van der Waals surface area contributed by atoms with Gasteiger partial charge in [0.05, 0.1) is 5.75 Å². The van der Waals surface area contributed by atoms with E-state index in [0.717, 1.165) is 10.5 Å². The third-order valence-electron chi connectivity index (χ3n) is 2.54. The number of hydrogen-bond acceptors (Lipinski definition) is 4. The Labute approximate surface area is 121 Å². The number of rotatable bonds is 5. The van der Waals surface area contributed by atoms with Gasteiger partial charge in [-0.05, 0) is 23.8 Å². The molecule has 1 amide bonds. The highest BCUT2D eigenvalue weighted by Crippen LogP contribution is 2.16. The molecule has 2 rings (SSSR count). The van der Waals surface area contributed by atoms with Crippen LogP contribution in [0.5, 0.6) is 0 Å². The van der Waals surface area contributed by atoms with Crippen molar-refractivity contribution in [1.82, 2.24) is 10.3 Å². The molecule has 0 unspecified atom stereocenters. The first kappa shape index (κ1) is 14.1. The Morgan fingerprint density at radius 2 is 2.05 bits per heavy atom. The fourth-order valence-corrected chi connectivity index (χ4v) is 2.26. The maximum Gasteiger partial charge on any atom is 0.230 e. The van der Waals surface area contributed by atoms with E-state index >= 15 is 0 Å². The van der Waals surface area contributed by atoms with Crippen LogP contribution in [0.4, 0.5) is 0 Å². The topological polar surface area (TPSA) is 65.8 Å². The number of amides is 1. The zero-order chi connectivity index (χ0) is 14.2. The largest absolute Gasteiger partial charge is 0.351 e. The number of nitrogens with zero attached hydrogens (tertiary/aromatic N) is 2. The SMILES string of the molecule is N#Cc1ccc(CNC(=O)CSc2ccccc2)cn1. The van der Waals surface area contributed by atoms with E-state index in [2.05, 4.69) is 10.3 Å². The summed E-state index contributed by atoms with van der Waals surface area (Å²) in [6.07, 6.45) is 1.60. The van der Waals surface area contributed by atoms with Crippen LogP contribution >= 0.6 is 11.8 Å². The molecule has 0 radical (unpaired) electrons. The van der Waals surface area contributed by atoms with Gasteiger partial charge in [0.2, 0.25) is 5.91 Å². The van der Waals surface area contributed by atoms with Crippen molar-refractivity contribution < 1.29 is 4.79 Å². The van der Waals surface area contributed by atoms with Crippen LogP contribution in [0, 0.1) is 11.3 Å². The Morgan fingerprint density at radius 3 is 2.70 bits per heavy atom. The first-order valence-corrected chi connectivity index (χ1v) is 7.06. The Bertz CT molecular complexity index is 605. The minimum Gasteiger partial charge on any atom is -0.351 e. The molecule has 0 bridgehead atoms. The smallest absolute Gasteiger partial charge is 0.230 e. The van der Waals surface area contributed by atoms with Gasteiger partial charge in [-0.1, -0.05) is 24.3 Å². The molecule has 0 aliphatic rings. The Balaban J connectivity index is 1.76. The van der Waals surface area contributed by atoms with E-state index < -0.39 is 0 Å². The van der Waals surface area contributed by atoms with Crippen molar-refractivity contribution in [3.8, 4) is 6.07 Å². The second-order valence-electron chi connectivity index (χ2n) is 4.04. The zero-order valence-corrected chi connectivity index (χ0v) is 11.6. The summed E-state index contributed by atoms with van der Waals surface area (Å²) in [5.41, 5.74) is 1.25. The Hall–Kier alpha value is -2.32. The van der Waals surface area contributed by atoms with Crippen molar-refractivity contribution in [2.45, 2.75) is 11.4 Å². The van der Waals surface area contributed by atoms with Crippen LogP contribution in [0.15, 0.2) is 53.6 Å². The quantitative estimate of drug-likeness (QED) is 0.855. The van der Waals surface area contributed by atoms with Crippen molar-refractivity contribution in [1.29, 1.82) is 5.26 Å². The molecule has 5 heteroatoms. The third kappa shape index (κ3) is 4.41. The van der Waals surface area contributed by atoms with Gasteiger partial charge in [0.25, 0.3) is 0 Å². The average molecular weight is 283 g/mol.